The highest BCUT2D eigenvalue weighted by atomic mass is 16.5. The van der Waals surface area contributed by atoms with Crippen LogP contribution in [-0.2, 0) is 22.3 Å². The van der Waals surface area contributed by atoms with E-state index in [1.54, 1.807) is 7.11 Å². The number of nitrogens with zero attached hydrogens (tertiary/aromatic N) is 4. The van der Waals surface area contributed by atoms with Gasteiger partial charge in [0.05, 0.1) is 30.7 Å². The molecule has 1 saturated heterocycles. The zero-order valence-electron chi connectivity index (χ0n) is 13.3. The van der Waals surface area contributed by atoms with Crippen molar-refractivity contribution in [3.05, 3.63) is 11.4 Å². The largest absolute Gasteiger partial charge is 0.382 e. The Morgan fingerprint density at radius 1 is 1.05 bits per heavy atom. The number of anilines is 1. The maximum Gasteiger partial charge on any atom is 0.245 e. The van der Waals surface area contributed by atoms with Crippen LogP contribution in [0.3, 0.4) is 0 Å². The van der Waals surface area contributed by atoms with E-state index in [0.29, 0.717) is 19.3 Å². The molecule has 0 saturated carbocycles. The van der Waals surface area contributed by atoms with Gasteiger partial charge in [0.2, 0.25) is 5.95 Å². The number of rotatable bonds is 7. The van der Waals surface area contributed by atoms with Gasteiger partial charge in [0, 0.05) is 20.2 Å². The van der Waals surface area contributed by atoms with Gasteiger partial charge in [-0.15, -0.1) is 5.10 Å². The van der Waals surface area contributed by atoms with Crippen LogP contribution in [0, 0.1) is 0 Å². The Morgan fingerprint density at radius 3 is 2.38 bits per heavy atom. The number of methoxy groups -OCH3 is 1. The molecule has 0 aromatic carbocycles. The highest BCUT2D eigenvalue weighted by molar-refractivity contribution is 5.31. The normalized spacial score (nSPS) is 16.4. The molecule has 0 radical (unpaired) electrons. The molecule has 1 aromatic heterocycles. The van der Waals surface area contributed by atoms with Gasteiger partial charge in [-0.05, 0) is 25.7 Å². The molecule has 0 atom stereocenters. The summed E-state index contributed by atoms with van der Waals surface area (Å²) < 4.78 is 10.8. The molecule has 2 rings (SSSR count). The number of aryl methyl sites for hydroxylation is 2. The molecule has 0 N–H and O–H groups in total. The Kier molecular flexibility index (Phi) is 6.32. The first-order valence-corrected chi connectivity index (χ1v) is 7.86. The Balaban J connectivity index is 1.90. The molecule has 0 amide bonds. The van der Waals surface area contributed by atoms with Crippen LogP contribution < -0.4 is 4.90 Å². The van der Waals surface area contributed by atoms with Gasteiger partial charge < -0.3 is 14.4 Å². The average molecular weight is 294 g/mol. The highest BCUT2D eigenvalue weighted by Gasteiger charge is 2.22. The molecule has 1 aliphatic heterocycles. The summed E-state index contributed by atoms with van der Waals surface area (Å²) in [6.45, 7) is 7.38. The summed E-state index contributed by atoms with van der Waals surface area (Å²) in [6.07, 6.45) is 4.12. The molecule has 2 heterocycles. The monoisotopic (exact) mass is 294 g/mol. The zero-order valence-corrected chi connectivity index (χ0v) is 13.3. The first kappa shape index (κ1) is 16.1. The first-order chi connectivity index (χ1) is 10.3. The number of hydrogen-bond donors (Lipinski definition) is 0. The van der Waals surface area contributed by atoms with Crippen molar-refractivity contribution in [2.24, 2.45) is 0 Å². The molecule has 6 heteroatoms. The van der Waals surface area contributed by atoms with Crippen LogP contribution in [-0.4, -0.2) is 54.7 Å². The number of piperidine rings is 1. The van der Waals surface area contributed by atoms with Gasteiger partial charge >= 0.3 is 0 Å². The maximum atomic E-state index is 5.78. The standard InChI is InChI=1S/C15H26N4O2/c1-4-13-14(5-2)17-18-15(16-13)19-8-6-12(7-9-19)21-11-10-20-3/h12H,4-11H2,1-3H3. The molecule has 21 heavy (non-hydrogen) atoms. The van der Waals surface area contributed by atoms with Crippen molar-refractivity contribution in [2.75, 3.05) is 38.3 Å². The van der Waals surface area contributed by atoms with Crippen LogP contribution in [0.2, 0.25) is 0 Å². The summed E-state index contributed by atoms with van der Waals surface area (Å²) in [4.78, 5) is 6.89. The number of hydrogen-bond acceptors (Lipinski definition) is 6. The molecule has 1 aromatic rings. The lowest BCUT2D eigenvalue weighted by atomic mass is 10.1. The molecular weight excluding hydrogens is 268 g/mol. The molecule has 6 nitrogen and oxygen atoms in total. The number of ether oxygens (including phenoxy) is 2. The Bertz CT molecular complexity index is 434. The van der Waals surface area contributed by atoms with Crippen LogP contribution in [0.4, 0.5) is 5.95 Å². The first-order valence-electron chi connectivity index (χ1n) is 7.86. The molecule has 1 aliphatic rings. The summed E-state index contributed by atoms with van der Waals surface area (Å²) in [5.74, 6) is 0.763. The molecule has 1 fully saturated rings. The van der Waals surface area contributed by atoms with E-state index >= 15 is 0 Å². The Hall–Kier alpha value is -1.27. The molecule has 0 unspecified atom stereocenters. The third-order valence-electron chi connectivity index (χ3n) is 3.86. The lowest BCUT2D eigenvalue weighted by Crippen LogP contribution is -2.38. The van der Waals surface area contributed by atoms with Crippen molar-refractivity contribution in [3.8, 4) is 0 Å². The molecular formula is C15H26N4O2. The van der Waals surface area contributed by atoms with E-state index in [4.69, 9.17) is 9.47 Å². The second-order valence-electron chi connectivity index (χ2n) is 5.26. The van der Waals surface area contributed by atoms with E-state index in [0.717, 1.165) is 56.1 Å². The van der Waals surface area contributed by atoms with E-state index in [9.17, 15) is 0 Å². The van der Waals surface area contributed by atoms with Gasteiger partial charge in [0.15, 0.2) is 0 Å². The van der Waals surface area contributed by atoms with Crippen LogP contribution >= 0.6 is 0 Å². The summed E-state index contributed by atoms with van der Waals surface area (Å²) >= 11 is 0. The fourth-order valence-electron chi connectivity index (χ4n) is 2.58. The van der Waals surface area contributed by atoms with Crippen LogP contribution in [0.1, 0.15) is 38.1 Å². The van der Waals surface area contributed by atoms with Gasteiger partial charge in [0.25, 0.3) is 0 Å². The molecule has 0 aliphatic carbocycles. The van der Waals surface area contributed by atoms with Crippen molar-refractivity contribution in [2.45, 2.75) is 45.6 Å². The topological polar surface area (TPSA) is 60.4 Å². The fraction of sp³-hybridized carbons (Fsp3) is 0.800. The van der Waals surface area contributed by atoms with Gasteiger partial charge in [-0.2, -0.15) is 5.10 Å². The van der Waals surface area contributed by atoms with Crippen molar-refractivity contribution < 1.29 is 9.47 Å². The van der Waals surface area contributed by atoms with Gasteiger partial charge in [-0.25, -0.2) is 4.98 Å². The quantitative estimate of drug-likeness (QED) is 0.712. The second-order valence-corrected chi connectivity index (χ2v) is 5.26. The summed E-state index contributed by atoms with van der Waals surface area (Å²) in [6, 6.07) is 0. The predicted octanol–water partition coefficient (Wildman–Crippen LogP) is 1.63. The van der Waals surface area contributed by atoms with Crippen molar-refractivity contribution in [3.63, 3.8) is 0 Å². The van der Waals surface area contributed by atoms with E-state index in [1.165, 1.54) is 0 Å². The van der Waals surface area contributed by atoms with E-state index in [-0.39, 0.29) is 0 Å². The number of aromatic nitrogens is 3. The van der Waals surface area contributed by atoms with Crippen molar-refractivity contribution in [1.82, 2.24) is 15.2 Å². The molecule has 0 bridgehead atoms. The minimum atomic E-state index is 0.324. The highest BCUT2D eigenvalue weighted by Crippen LogP contribution is 2.18. The van der Waals surface area contributed by atoms with E-state index < -0.39 is 0 Å². The van der Waals surface area contributed by atoms with Gasteiger partial charge in [-0.3, -0.25) is 0 Å². The minimum Gasteiger partial charge on any atom is -0.382 e. The molecule has 0 spiro atoms. The third kappa shape index (κ3) is 4.35. The van der Waals surface area contributed by atoms with Crippen molar-refractivity contribution in [1.29, 1.82) is 0 Å². The third-order valence-corrected chi connectivity index (χ3v) is 3.86. The smallest absolute Gasteiger partial charge is 0.245 e. The zero-order chi connectivity index (χ0) is 15.1. The van der Waals surface area contributed by atoms with Crippen molar-refractivity contribution >= 4 is 5.95 Å². The summed E-state index contributed by atoms with van der Waals surface area (Å²) in [5.41, 5.74) is 2.08. The minimum absolute atomic E-state index is 0.324. The summed E-state index contributed by atoms with van der Waals surface area (Å²) in [5, 5.41) is 8.61. The van der Waals surface area contributed by atoms with Crippen LogP contribution in [0.15, 0.2) is 0 Å². The van der Waals surface area contributed by atoms with Crippen LogP contribution in [0.5, 0.6) is 0 Å². The summed E-state index contributed by atoms with van der Waals surface area (Å²) in [7, 11) is 1.70. The maximum absolute atomic E-state index is 5.78. The van der Waals surface area contributed by atoms with E-state index in [1.807, 2.05) is 0 Å². The van der Waals surface area contributed by atoms with E-state index in [2.05, 4.69) is 33.9 Å². The Labute approximate surface area is 126 Å². The lowest BCUT2D eigenvalue weighted by molar-refractivity contribution is 0.00596. The van der Waals surface area contributed by atoms with Gasteiger partial charge in [-0.1, -0.05) is 13.8 Å². The lowest BCUT2D eigenvalue weighted by Gasteiger charge is -2.31. The molecule has 118 valence electrons. The van der Waals surface area contributed by atoms with Gasteiger partial charge in [0.1, 0.15) is 0 Å². The predicted molar refractivity (Wildman–Crippen MR) is 81.6 cm³/mol. The SMILES string of the molecule is CCc1nnc(N2CCC(OCCOC)CC2)nc1CC. The second kappa shape index (κ2) is 8.24. The Morgan fingerprint density at radius 2 is 1.76 bits per heavy atom. The fourth-order valence-corrected chi connectivity index (χ4v) is 2.58. The average Bonchev–Trinajstić information content (AvgIpc) is 2.55. The van der Waals surface area contributed by atoms with Crippen LogP contribution in [0.25, 0.3) is 0 Å².